The lowest BCUT2D eigenvalue weighted by Crippen LogP contribution is -2.38. The minimum Gasteiger partial charge on any atom is -0.422 e. The van der Waals surface area contributed by atoms with Gasteiger partial charge in [0.05, 0.1) is 12.2 Å². The second-order valence-corrected chi connectivity index (χ2v) is 7.66. The summed E-state index contributed by atoms with van der Waals surface area (Å²) in [4.78, 5) is 0. The molecular formula is C21H37O3-. The van der Waals surface area contributed by atoms with E-state index in [1.807, 2.05) is 6.08 Å². The van der Waals surface area contributed by atoms with Gasteiger partial charge in [0.2, 0.25) is 0 Å². The van der Waals surface area contributed by atoms with Crippen LogP contribution in [-0.2, 0) is 4.74 Å². The maximum atomic E-state index is 10.2. The first-order valence-electron chi connectivity index (χ1n) is 9.49. The van der Waals surface area contributed by atoms with Crippen molar-refractivity contribution in [2.75, 3.05) is 6.61 Å². The van der Waals surface area contributed by atoms with Crippen molar-refractivity contribution < 1.29 is 14.9 Å². The number of hydrogen-bond donors (Lipinski definition) is 2. The molecule has 3 nitrogen and oxygen atoms in total. The van der Waals surface area contributed by atoms with E-state index < -0.39 is 5.60 Å². The maximum Gasteiger partial charge on any atom is 0.0818 e. The van der Waals surface area contributed by atoms with Gasteiger partial charge in [0.1, 0.15) is 0 Å². The lowest BCUT2D eigenvalue weighted by atomic mass is 9.77. The van der Waals surface area contributed by atoms with Crippen LogP contribution in [0.25, 0.3) is 0 Å². The van der Waals surface area contributed by atoms with Crippen molar-refractivity contribution in [2.24, 2.45) is 11.8 Å². The first kappa shape index (κ1) is 21.4. The number of allylic oxidation sites excluding steroid dienone is 2. The van der Waals surface area contributed by atoms with Crippen LogP contribution in [0.3, 0.4) is 0 Å². The Morgan fingerprint density at radius 1 is 1.25 bits per heavy atom. The highest BCUT2D eigenvalue weighted by Crippen LogP contribution is 2.34. The van der Waals surface area contributed by atoms with Gasteiger partial charge in [-0.05, 0) is 43.1 Å². The van der Waals surface area contributed by atoms with E-state index in [0.29, 0.717) is 12.3 Å². The maximum absolute atomic E-state index is 10.2. The molecule has 0 aromatic carbocycles. The molecule has 0 heterocycles. The number of aliphatic hydroxyl groups excluding tert-OH is 1. The largest absolute Gasteiger partial charge is 0.422 e. The number of ether oxygens (including phenoxy) is 1. The van der Waals surface area contributed by atoms with Gasteiger partial charge in [-0.15, -0.1) is 0 Å². The molecule has 3 heteroatoms. The first-order valence-corrected chi connectivity index (χ1v) is 9.49. The molecular weight excluding hydrogens is 300 g/mol. The van der Waals surface area contributed by atoms with Crippen molar-refractivity contribution in [3.8, 4) is 0 Å². The molecule has 0 saturated carbocycles. The number of rotatable bonds is 10. The predicted molar refractivity (Wildman–Crippen MR) is 101 cm³/mol. The van der Waals surface area contributed by atoms with E-state index in [2.05, 4.69) is 39.8 Å². The topological polar surface area (TPSA) is 49.7 Å². The van der Waals surface area contributed by atoms with Gasteiger partial charge in [-0.1, -0.05) is 64.4 Å². The molecule has 1 rings (SSSR count). The van der Waals surface area contributed by atoms with Crippen molar-refractivity contribution in [1.29, 1.82) is 0 Å². The number of unbranched alkanes of at least 4 members (excludes halogenated alkanes) is 2. The van der Waals surface area contributed by atoms with E-state index in [0.717, 1.165) is 38.7 Å². The minimum absolute atomic E-state index is 0.111. The van der Waals surface area contributed by atoms with Gasteiger partial charge in [-0.3, -0.25) is 0 Å². The molecule has 0 aromatic rings. The van der Waals surface area contributed by atoms with E-state index in [9.17, 15) is 10.2 Å². The molecule has 24 heavy (non-hydrogen) atoms. The third-order valence-corrected chi connectivity index (χ3v) is 5.00. The summed E-state index contributed by atoms with van der Waals surface area (Å²) in [7, 11) is 0. The van der Waals surface area contributed by atoms with Crippen LogP contribution in [0.1, 0.15) is 66.2 Å². The predicted octanol–water partition coefficient (Wildman–Crippen LogP) is 4.45. The Labute approximate surface area is 148 Å². The Hall–Kier alpha value is -0.640. The van der Waals surface area contributed by atoms with Crippen LogP contribution < -0.4 is 0 Å². The van der Waals surface area contributed by atoms with E-state index >= 15 is 0 Å². The molecule has 5 atom stereocenters. The first-order chi connectivity index (χ1) is 11.3. The van der Waals surface area contributed by atoms with E-state index in [4.69, 9.17) is 4.74 Å². The van der Waals surface area contributed by atoms with E-state index in [-0.39, 0.29) is 18.1 Å². The summed E-state index contributed by atoms with van der Waals surface area (Å²) in [6.07, 6.45) is 11.7. The average Bonchev–Trinajstić information content (AvgIpc) is 2.50. The van der Waals surface area contributed by atoms with Gasteiger partial charge in [0, 0.05) is 6.61 Å². The summed E-state index contributed by atoms with van der Waals surface area (Å²) in [6.45, 7) is 12.7. The second kappa shape index (κ2) is 10.4. The summed E-state index contributed by atoms with van der Waals surface area (Å²) < 4.78 is 6.14. The molecule has 2 N–H and O–H groups in total. The monoisotopic (exact) mass is 337 g/mol. The molecule has 0 saturated heterocycles. The van der Waals surface area contributed by atoms with Crippen LogP contribution in [0.5, 0.6) is 0 Å². The van der Waals surface area contributed by atoms with Crippen molar-refractivity contribution in [3.63, 3.8) is 0 Å². The van der Waals surface area contributed by atoms with E-state index in [1.165, 1.54) is 5.57 Å². The molecule has 140 valence electrons. The highest BCUT2D eigenvalue weighted by atomic mass is 16.5. The van der Waals surface area contributed by atoms with Crippen LogP contribution in [0, 0.1) is 18.8 Å². The van der Waals surface area contributed by atoms with Crippen LogP contribution in [0.4, 0.5) is 0 Å². The fourth-order valence-corrected chi connectivity index (χ4v) is 3.13. The summed E-state index contributed by atoms with van der Waals surface area (Å²) in [5.41, 5.74) is 0.373. The van der Waals surface area contributed by atoms with Crippen LogP contribution in [-0.4, -0.2) is 34.6 Å². The van der Waals surface area contributed by atoms with Gasteiger partial charge in [0.15, 0.2) is 0 Å². The molecule has 0 aliphatic heterocycles. The zero-order valence-electron chi connectivity index (χ0n) is 16.0. The molecule has 0 radical (unpaired) electrons. The van der Waals surface area contributed by atoms with Crippen molar-refractivity contribution >= 4 is 0 Å². The normalized spacial score (nSPS) is 30.4. The molecule has 0 spiro atoms. The van der Waals surface area contributed by atoms with Gasteiger partial charge in [-0.2, -0.15) is 0 Å². The summed E-state index contributed by atoms with van der Waals surface area (Å²) in [5, 5.41) is 19.9. The molecule has 1 aliphatic rings. The molecule has 0 bridgehead atoms. The Balaban J connectivity index is 2.55. The second-order valence-electron chi connectivity index (χ2n) is 7.66. The Kier molecular flexibility index (Phi) is 9.25. The standard InChI is InChI=1S/C21H37O3/c1-6-7-14-24-20-17(3)16(2)19(22)15-18(20)12-10-8-9-11-13-21(4,5)23/h8,10,15-17,19-20,22-23H,4,6-7,9,11-14H2,1-3,5H3/q-1/b10-8+. The Bertz CT molecular complexity index is 406. The van der Waals surface area contributed by atoms with Gasteiger partial charge >= 0.3 is 0 Å². The van der Waals surface area contributed by atoms with Crippen LogP contribution >= 0.6 is 0 Å². The lowest BCUT2D eigenvalue weighted by molar-refractivity contribution is -0.0111. The number of aliphatic hydroxyl groups is 2. The van der Waals surface area contributed by atoms with E-state index in [1.54, 1.807) is 6.92 Å². The average molecular weight is 338 g/mol. The fourth-order valence-electron chi connectivity index (χ4n) is 3.13. The van der Waals surface area contributed by atoms with Gasteiger partial charge < -0.3 is 21.9 Å². The lowest BCUT2D eigenvalue weighted by Gasteiger charge is -2.37. The third-order valence-electron chi connectivity index (χ3n) is 5.00. The quantitative estimate of drug-likeness (QED) is 0.352. The Morgan fingerprint density at radius 3 is 2.58 bits per heavy atom. The van der Waals surface area contributed by atoms with Crippen molar-refractivity contribution in [2.45, 2.75) is 84.0 Å². The zero-order chi connectivity index (χ0) is 18.2. The van der Waals surface area contributed by atoms with Crippen molar-refractivity contribution in [3.05, 3.63) is 30.7 Å². The van der Waals surface area contributed by atoms with Gasteiger partial charge in [-0.25, -0.2) is 0 Å². The fraction of sp³-hybridized carbons (Fsp3) is 0.762. The molecule has 0 fully saturated rings. The SMILES string of the molecule is [CH2-]C(C)(O)CCC/C=C/CC1=CC(O)C(C)C(C)C1OCCCC. The molecule has 5 unspecified atom stereocenters. The molecule has 1 aliphatic carbocycles. The summed E-state index contributed by atoms with van der Waals surface area (Å²) in [5.74, 6) is 0.551. The highest BCUT2D eigenvalue weighted by Gasteiger charge is 2.34. The zero-order valence-corrected chi connectivity index (χ0v) is 16.0. The molecule has 0 aromatic heterocycles. The summed E-state index contributed by atoms with van der Waals surface area (Å²) in [6, 6.07) is 0. The Morgan fingerprint density at radius 2 is 1.96 bits per heavy atom. The highest BCUT2D eigenvalue weighted by molar-refractivity contribution is 5.20. The minimum atomic E-state index is -0.826. The van der Waals surface area contributed by atoms with Crippen LogP contribution in [0.15, 0.2) is 23.8 Å². The van der Waals surface area contributed by atoms with Crippen molar-refractivity contribution in [1.82, 2.24) is 0 Å². The van der Waals surface area contributed by atoms with Crippen LogP contribution in [0.2, 0.25) is 0 Å². The van der Waals surface area contributed by atoms with Gasteiger partial charge in [0.25, 0.3) is 0 Å². The summed E-state index contributed by atoms with van der Waals surface area (Å²) >= 11 is 0. The number of hydrogen-bond acceptors (Lipinski definition) is 3. The smallest absolute Gasteiger partial charge is 0.0818 e. The molecule has 0 amide bonds. The third kappa shape index (κ3) is 7.50.